The largest absolute Gasteiger partial charge is 0.333 e. The average Bonchev–Trinajstić information content (AvgIpc) is 3.33. The molecule has 1 fully saturated rings. The third-order valence-corrected chi connectivity index (χ3v) is 6.93. The highest BCUT2D eigenvalue weighted by Gasteiger charge is 2.30. The molecule has 1 unspecified atom stereocenters. The van der Waals surface area contributed by atoms with Crippen LogP contribution in [0.25, 0.3) is 28.1 Å². The van der Waals surface area contributed by atoms with Crippen LogP contribution in [-0.2, 0) is 0 Å². The Morgan fingerprint density at radius 2 is 1.92 bits per heavy atom. The van der Waals surface area contributed by atoms with Gasteiger partial charge in [0.2, 0.25) is 0 Å². The SMILES string of the molecule is N#Cc1cnn(C(F)F)c1-c1cnn(C(CC2CC2)c2ccc(-c3c(-n4cnnn4)ccc(Cl)c3F)cn2)c1. The molecule has 1 aromatic carbocycles. The Hall–Kier alpha value is -4.57. The van der Waals surface area contributed by atoms with Crippen molar-refractivity contribution in [3.8, 4) is 34.1 Å². The van der Waals surface area contributed by atoms with Gasteiger partial charge < -0.3 is 0 Å². The first-order chi connectivity index (χ1) is 18.9. The van der Waals surface area contributed by atoms with E-state index in [9.17, 15) is 14.0 Å². The number of rotatable bonds is 8. The number of hydrogen-bond acceptors (Lipinski definition) is 7. The minimum Gasteiger partial charge on any atom is -0.263 e. The molecule has 1 atom stereocenters. The van der Waals surface area contributed by atoms with Gasteiger partial charge >= 0.3 is 6.55 Å². The molecule has 1 saturated carbocycles. The number of tetrazole rings is 1. The Kier molecular flexibility index (Phi) is 6.32. The van der Waals surface area contributed by atoms with E-state index in [0.29, 0.717) is 33.1 Å². The maximum absolute atomic E-state index is 15.2. The van der Waals surface area contributed by atoms with E-state index in [4.69, 9.17) is 11.6 Å². The summed E-state index contributed by atoms with van der Waals surface area (Å²) in [6.07, 6.45) is 9.93. The van der Waals surface area contributed by atoms with Crippen LogP contribution in [0.2, 0.25) is 5.02 Å². The fraction of sp³-hybridized carbons (Fsp3) is 0.240. The highest BCUT2D eigenvalue weighted by Crippen LogP contribution is 2.40. The van der Waals surface area contributed by atoms with Crippen LogP contribution >= 0.6 is 11.6 Å². The molecule has 14 heteroatoms. The third kappa shape index (κ3) is 4.63. The van der Waals surface area contributed by atoms with E-state index in [1.165, 1.54) is 23.3 Å². The summed E-state index contributed by atoms with van der Waals surface area (Å²) in [5.74, 6) is -0.156. The van der Waals surface area contributed by atoms with Crippen molar-refractivity contribution in [1.29, 1.82) is 5.26 Å². The number of hydrogen-bond donors (Lipinski definition) is 0. The van der Waals surface area contributed by atoms with Crippen molar-refractivity contribution < 1.29 is 13.2 Å². The van der Waals surface area contributed by atoms with E-state index in [0.717, 1.165) is 25.5 Å². The first-order valence-corrected chi connectivity index (χ1v) is 12.3. The molecule has 196 valence electrons. The van der Waals surface area contributed by atoms with Crippen LogP contribution in [0.5, 0.6) is 0 Å². The maximum atomic E-state index is 15.2. The van der Waals surface area contributed by atoms with Crippen LogP contribution in [0.3, 0.4) is 0 Å². The summed E-state index contributed by atoms with van der Waals surface area (Å²) in [6.45, 7) is -2.91. The molecule has 39 heavy (non-hydrogen) atoms. The summed E-state index contributed by atoms with van der Waals surface area (Å²) in [4.78, 5) is 4.64. The summed E-state index contributed by atoms with van der Waals surface area (Å²) >= 11 is 6.08. The predicted octanol–water partition coefficient (Wildman–Crippen LogP) is 5.23. The molecule has 0 saturated heterocycles. The van der Waals surface area contributed by atoms with Gasteiger partial charge in [-0.1, -0.05) is 30.5 Å². The number of nitriles is 1. The molecule has 0 N–H and O–H groups in total. The molecule has 10 nitrogen and oxygen atoms in total. The van der Waals surface area contributed by atoms with Gasteiger partial charge in [0.25, 0.3) is 0 Å². The Balaban J connectivity index is 1.37. The van der Waals surface area contributed by atoms with Crippen molar-refractivity contribution in [2.75, 3.05) is 0 Å². The van der Waals surface area contributed by atoms with E-state index >= 15 is 4.39 Å². The number of pyridine rings is 1. The second-order valence-corrected chi connectivity index (χ2v) is 9.53. The molecule has 0 radical (unpaired) electrons. The Bertz CT molecular complexity index is 1670. The second kappa shape index (κ2) is 9.95. The van der Waals surface area contributed by atoms with E-state index in [1.807, 2.05) is 6.07 Å². The van der Waals surface area contributed by atoms with Crippen LogP contribution in [0.15, 0.2) is 55.4 Å². The summed E-state index contributed by atoms with van der Waals surface area (Å²) in [5.41, 5.74) is 2.08. The normalized spacial score (nSPS) is 14.1. The molecule has 0 spiro atoms. The number of benzene rings is 1. The van der Waals surface area contributed by atoms with Crippen molar-refractivity contribution in [3.05, 3.63) is 77.5 Å². The number of alkyl halides is 2. The van der Waals surface area contributed by atoms with E-state index < -0.39 is 12.4 Å². The molecular formula is C25H18ClF3N10. The quantitative estimate of drug-likeness (QED) is 0.259. The fourth-order valence-electron chi connectivity index (χ4n) is 4.57. The Labute approximate surface area is 224 Å². The van der Waals surface area contributed by atoms with Crippen LogP contribution in [0.1, 0.15) is 43.1 Å². The number of nitrogens with zero attached hydrogens (tertiary/aromatic N) is 10. The van der Waals surface area contributed by atoms with E-state index in [1.54, 1.807) is 35.3 Å². The van der Waals surface area contributed by atoms with Gasteiger partial charge in [-0.15, -0.1) is 5.10 Å². The summed E-state index contributed by atoms with van der Waals surface area (Å²) < 4.78 is 45.8. The zero-order valence-electron chi connectivity index (χ0n) is 20.0. The predicted molar refractivity (Wildman–Crippen MR) is 132 cm³/mol. The van der Waals surface area contributed by atoms with Gasteiger partial charge in [0.05, 0.1) is 46.1 Å². The average molecular weight is 551 g/mol. The van der Waals surface area contributed by atoms with Crippen LogP contribution < -0.4 is 0 Å². The molecule has 6 rings (SSSR count). The lowest BCUT2D eigenvalue weighted by Gasteiger charge is -2.18. The van der Waals surface area contributed by atoms with Crippen LogP contribution in [-0.4, -0.2) is 44.8 Å². The first-order valence-electron chi connectivity index (χ1n) is 11.9. The molecule has 1 aliphatic rings. The highest BCUT2D eigenvalue weighted by molar-refractivity contribution is 6.31. The second-order valence-electron chi connectivity index (χ2n) is 9.13. The Morgan fingerprint density at radius 1 is 1.08 bits per heavy atom. The molecule has 1 aliphatic carbocycles. The number of halogens is 4. The van der Waals surface area contributed by atoms with Crippen molar-refractivity contribution in [2.24, 2.45) is 5.92 Å². The van der Waals surface area contributed by atoms with Crippen molar-refractivity contribution in [3.63, 3.8) is 0 Å². The fourth-order valence-corrected chi connectivity index (χ4v) is 4.73. The first kappa shape index (κ1) is 24.7. The van der Waals surface area contributed by atoms with E-state index in [-0.39, 0.29) is 27.9 Å². The topological polar surface area (TPSA) is 116 Å². The standard InChI is InChI=1S/C25H18ClF3N10/c26-18-4-6-20(38-13-32-35-36-38)22(23(18)27)15-3-5-19(31-9-15)21(7-14-1-2-14)37-12-17(11-33-37)24-16(8-30)10-34-39(24)25(28)29/h3-6,9-14,21,25H,1-2,7H2. The minimum atomic E-state index is -2.91. The van der Waals surface area contributed by atoms with Crippen molar-refractivity contribution >= 4 is 11.6 Å². The molecule has 0 aliphatic heterocycles. The summed E-state index contributed by atoms with van der Waals surface area (Å²) in [5, 5.41) is 28.5. The van der Waals surface area contributed by atoms with Gasteiger partial charge in [-0.25, -0.2) is 9.07 Å². The van der Waals surface area contributed by atoms with E-state index in [2.05, 4.69) is 30.7 Å². The highest BCUT2D eigenvalue weighted by atomic mass is 35.5. The molecule has 4 heterocycles. The van der Waals surface area contributed by atoms with Crippen molar-refractivity contribution in [1.82, 2.24) is 44.8 Å². The zero-order valence-corrected chi connectivity index (χ0v) is 20.8. The van der Waals surface area contributed by atoms with Gasteiger partial charge in [-0.3, -0.25) is 9.67 Å². The Morgan fingerprint density at radius 3 is 2.59 bits per heavy atom. The lowest BCUT2D eigenvalue weighted by atomic mass is 10.0. The maximum Gasteiger partial charge on any atom is 0.333 e. The smallest absolute Gasteiger partial charge is 0.263 e. The summed E-state index contributed by atoms with van der Waals surface area (Å²) in [6, 6.07) is 8.15. The number of aromatic nitrogens is 9. The van der Waals surface area contributed by atoms with Gasteiger partial charge in [0.1, 0.15) is 12.4 Å². The van der Waals surface area contributed by atoms with Crippen LogP contribution in [0, 0.1) is 23.1 Å². The van der Waals surface area contributed by atoms with Gasteiger partial charge in [0, 0.05) is 29.1 Å². The minimum absolute atomic E-state index is 0.00112. The lowest BCUT2D eigenvalue weighted by Crippen LogP contribution is -2.14. The van der Waals surface area contributed by atoms with Crippen molar-refractivity contribution in [2.45, 2.75) is 31.9 Å². The molecule has 0 bridgehead atoms. The monoisotopic (exact) mass is 550 g/mol. The molecular weight excluding hydrogens is 533 g/mol. The molecule has 5 aromatic rings. The third-order valence-electron chi connectivity index (χ3n) is 6.63. The van der Waals surface area contributed by atoms with Gasteiger partial charge in [-0.2, -0.15) is 28.9 Å². The van der Waals surface area contributed by atoms with Crippen LogP contribution in [0.4, 0.5) is 13.2 Å². The molecule has 4 aromatic heterocycles. The van der Waals surface area contributed by atoms with Gasteiger partial charge in [0.15, 0.2) is 5.82 Å². The van der Waals surface area contributed by atoms with Gasteiger partial charge in [-0.05, 0) is 41.0 Å². The lowest BCUT2D eigenvalue weighted by molar-refractivity contribution is 0.0585. The zero-order chi connectivity index (χ0) is 27.1. The molecule has 0 amide bonds. The summed E-state index contributed by atoms with van der Waals surface area (Å²) in [7, 11) is 0.